The maximum atomic E-state index is 4.28. The lowest BCUT2D eigenvalue weighted by Crippen LogP contribution is -2.15. The van der Waals surface area contributed by atoms with Crippen LogP contribution < -0.4 is 5.32 Å². The van der Waals surface area contributed by atoms with E-state index in [1.807, 2.05) is 41.5 Å². The molecule has 0 bridgehead atoms. The van der Waals surface area contributed by atoms with Gasteiger partial charge >= 0.3 is 0 Å². The van der Waals surface area contributed by atoms with Crippen LogP contribution in [0.3, 0.4) is 0 Å². The van der Waals surface area contributed by atoms with Crippen molar-refractivity contribution in [2.75, 3.05) is 0 Å². The van der Waals surface area contributed by atoms with Gasteiger partial charge in [0, 0.05) is 43.4 Å². The zero-order chi connectivity index (χ0) is 13.6. The Bertz CT molecular complexity index is 649. The van der Waals surface area contributed by atoms with Crippen molar-refractivity contribution in [3.8, 4) is 5.69 Å². The van der Waals surface area contributed by atoms with Gasteiger partial charge in [-0.3, -0.25) is 0 Å². The Morgan fingerprint density at radius 3 is 2.65 bits per heavy atom. The number of aromatic nitrogens is 4. The van der Waals surface area contributed by atoms with Crippen molar-refractivity contribution in [2.45, 2.75) is 13.1 Å². The van der Waals surface area contributed by atoms with Crippen molar-refractivity contribution < 1.29 is 0 Å². The first kappa shape index (κ1) is 12.5. The highest BCUT2D eigenvalue weighted by molar-refractivity contribution is 5.40. The van der Waals surface area contributed by atoms with Gasteiger partial charge in [0.05, 0.1) is 5.69 Å². The fourth-order valence-electron chi connectivity index (χ4n) is 2.06. The van der Waals surface area contributed by atoms with Crippen LogP contribution in [0.1, 0.15) is 11.1 Å². The van der Waals surface area contributed by atoms with Crippen LogP contribution in [0.4, 0.5) is 0 Å². The summed E-state index contributed by atoms with van der Waals surface area (Å²) in [5.74, 6) is 0. The average molecular weight is 265 g/mol. The van der Waals surface area contributed by atoms with E-state index in [9.17, 15) is 0 Å². The highest BCUT2D eigenvalue weighted by atomic mass is 15.3. The Labute approximate surface area is 117 Å². The molecule has 0 radical (unpaired) electrons. The molecule has 0 aliphatic heterocycles. The van der Waals surface area contributed by atoms with E-state index in [-0.39, 0.29) is 0 Å². The maximum absolute atomic E-state index is 4.28. The minimum Gasteiger partial charge on any atom is -0.308 e. The van der Waals surface area contributed by atoms with E-state index in [4.69, 9.17) is 0 Å². The van der Waals surface area contributed by atoms with Gasteiger partial charge in [-0.15, -0.1) is 0 Å². The Kier molecular flexibility index (Phi) is 3.80. The summed E-state index contributed by atoms with van der Waals surface area (Å²) in [5.41, 5.74) is 3.37. The molecule has 0 atom stereocenters. The zero-order valence-corrected chi connectivity index (χ0v) is 11.0. The molecule has 0 aliphatic carbocycles. The summed E-state index contributed by atoms with van der Waals surface area (Å²) in [6, 6.07) is 10.1. The van der Waals surface area contributed by atoms with E-state index in [1.54, 1.807) is 6.20 Å². The normalized spacial score (nSPS) is 10.6. The molecule has 2 aromatic heterocycles. The molecule has 0 saturated carbocycles. The Balaban J connectivity index is 1.69. The lowest BCUT2D eigenvalue weighted by atomic mass is 10.1. The van der Waals surface area contributed by atoms with Crippen molar-refractivity contribution >= 4 is 0 Å². The fourth-order valence-corrected chi connectivity index (χ4v) is 2.06. The van der Waals surface area contributed by atoms with E-state index in [1.165, 1.54) is 11.9 Å². The third kappa shape index (κ3) is 2.89. The lowest BCUT2D eigenvalue weighted by molar-refractivity contribution is 0.682. The molecule has 3 aromatic rings. The number of para-hydroxylation sites is 1. The third-order valence-electron chi connectivity index (χ3n) is 3.00. The van der Waals surface area contributed by atoms with E-state index < -0.39 is 0 Å². The maximum Gasteiger partial charge on any atom is 0.115 e. The number of hydrogen-bond acceptors (Lipinski definition) is 4. The van der Waals surface area contributed by atoms with Crippen LogP contribution >= 0.6 is 0 Å². The second-order valence-corrected chi connectivity index (χ2v) is 4.43. The average Bonchev–Trinajstić information content (AvgIpc) is 3.03. The monoisotopic (exact) mass is 265 g/mol. The van der Waals surface area contributed by atoms with Gasteiger partial charge in [-0.2, -0.15) is 5.10 Å². The van der Waals surface area contributed by atoms with Gasteiger partial charge in [0.25, 0.3) is 0 Å². The molecule has 0 saturated heterocycles. The molecule has 2 heterocycles. The van der Waals surface area contributed by atoms with Crippen LogP contribution in [0.15, 0.2) is 61.4 Å². The molecule has 20 heavy (non-hydrogen) atoms. The standard InChI is InChI=1S/C15H15N5/c1-2-5-15(20-7-3-6-19-20)14(4-1)11-16-8-13-9-17-12-18-10-13/h1-7,9-10,12,16H,8,11H2. The molecule has 100 valence electrons. The molecule has 0 spiro atoms. The molecule has 1 N–H and O–H groups in total. The van der Waals surface area contributed by atoms with E-state index in [0.717, 1.165) is 24.3 Å². The molecular weight excluding hydrogens is 250 g/mol. The molecule has 5 heteroatoms. The molecular formula is C15H15N5. The highest BCUT2D eigenvalue weighted by Crippen LogP contribution is 2.13. The molecule has 5 nitrogen and oxygen atoms in total. The van der Waals surface area contributed by atoms with E-state index in [2.05, 4.69) is 32.5 Å². The summed E-state index contributed by atoms with van der Waals surface area (Å²) in [6.07, 6.45) is 8.91. The van der Waals surface area contributed by atoms with Gasteiger partial charge < -0.3 is 5.32 Å². The summed E-state index contributed by atoms with van der Waals surface area (Å²) in [5, 5.41) is 7.68. The zero-order valence-electron chi connectivity index (χ0n) is 11.0. The Morgan fingerprint density at radius 2 is 1.85 bits per heavy atom. The number of nitrogens with zero attached hydrogens (tertiary/aromatic N) is 4. The van der Waals surface area contributed by atoms with Gasteiger partial charge in [0.2, 0.25) is 0 Å². The molecule has 0 amide bonds. The van der Waals surface area contributed by atoms with Crippen LogP contribution in [0.2, 0.25) is 0 Å². The van der Waals surface area contributed by atoms with Crippen LogP contribution in [0, 0.1) is 0 Å². The van der Waals surface area contributed by atoms with Gasteiger partial charge in [-0.25, -0.2) is 14.6 Å². The summed E-state index contributed by atoms with van der Waals surface area (Å²) in [7, 11) is 0. The number of benzene rings is 1. The third-order valence-corrected chi connectivity index (χ3v) is 3.00. The molecule has 1 aromatic carbocycles. The second kappa shape index (κ2) is 6.08. The quantitative estimate of drug-likeness (QED) is 0.766. The predicted octanol–water partition coefficient (Wildman–Crippen LogP) is 1.95. The first-order chi connectivity index (χ1) is 9.93. The van der Waals surface area contributed by atoms with Gasteiger partial charge in [0.1, 0.15) is 6.33 Å². The van der Waals surface area contributed by atoms with Crippen molar-refractivity contribution in [3.63, 3.8) is 0 Å². The summed E-state index contributed by atoms with van der Waals surface area (Å²) < 4.78 is 1.88. The Morgan fingerprint density at radius 1 is 1.00 bits per heavy atom. The largest absolute Gasteiger partial charge is 0.308 e. The summed E-state index contributed by atoms with van der Waals surface area (Å²) >= 11 is 0. The molecule has 0 aliphatic rings. The van der Waals surface area contributed by atoms with Crippen LogP contribution in [-0.2, 0) is 13.1 Å². The minimum atomic E-state index is 0.744. The summed E-state index contributed by atoms with van der Waals surface area (Å²) in [4.78, 5) is 8.01. The van der Waals surface area contributed by atoms with Gasteiger partial charge in [-0.05, 0) is 17.7 Å². The SMILES string of the molecule is c1ccc(-n2cccn2)c(CNCc2cncnc2)c1. The first-order valence-corrected chi connectivity index (χ1v) is 6.46. The van der Waals surface area contributed by atoms with Crippen LogP contribution in [-0.4, -0.2) is 19.7 Å². The molecule has 0 fully saturated rings. The minimum absolute atomic E-state index is 0.744. The van der Waals surface area contributed by atoms with Gasteiger partial charge in [0.15, 0.2) is 0 Å². The van der Waals surface area contributed by atoms with Crippen LogP contribution in [0.25, 0.3) is 5.69 Å². The van der Waals surface area contributed by atoms with Crippen molar-refractivity contribution in [2.24, 2.45) is 0 Å². The highest BCUT2D eigenvalue weighted by Gasteiger charge is 2.03. The molecule has 0 unspecified atom stereocenters. The Hall–Kier alpha value is -2.53. The van der Waals surface area contributed by atoms with Crippen molar-refractivity contribution in [1.82, 2.24) is 25.1 Å². The summed E-state index contributed by atoms with van der Waals surface area (Å²) in [6.45, 7) is 1.51. The van der Waals surface area contributed by atoms with Crippen molar-refractivity contribution in [1.29, 1.82) is 0 Å². The van der Waals surface area contributed by atoms with Gasteiger partial charge in [-0.1, -0.05) is 18.2 Å². The predicted molar refractivity (Wildman–Crippen MR) is 76.1 cm³/mol. The number of nitrogens with one attached hydrogen (secondary N) is 1. The number of rotatable bonds is 5. The first-order valence-electron chi connectivity index (χ1n) is 6.46. The number of hydrogen-bond donors (Lipinski definition) is 1. The second-order valence-electron chi connectivity index (χ2n) is 4.43. The lowest BCUT2D eigenvalue weighted by Gasteiger charge is -2.10. The van der Waals surface area contributed by atoms with E-state index >= 15 is 0 Å². The van der Waals surface area contributed by atoms with Crippen LogP contribution in [0.5, 0.6) is 0 Å². The van der Waals surface area contributed by atoms with Crippen molar-refractivity contribution in [3.05, 3.63) is 72.6 Å². The smallest absolute Gasteiger partial charge is 0.115 e. The molecule has 3 rings (SSSR count). The fraction of sp³-hybridized carbons (Fsp3) is 0.133. The topological polar surface area (TPSA) is 55.6 Å². The van der Waals surface area contributed by atoms with E-state index in [0.29, 0.717) is 0 Å².